The molecule has 3 nitrogen and oxygen atoms in total. The van der Waals surface area contributed by atoms with E-state index in [0.29, 0.717) is 23.8 Å². The van der Waals surface area contributed by atoms with Crippen molar-refractivity contribution in [1.82, 2.24) is 5.32 Å². The van der Waals surface area contributed by atoms with Crippen molar-refractivity contribution in [3.8, 4) is 5.75 Å². The molecule has 0 saturated heterocycles. The SMILES string of the molecule is OCC1CCCCC1NC1CCCc2ccc(O)cc21. The number of phenols is 1. The third-order valence-corrected chi connectivity index (χ3v) is 5.00. The van der Waals surface area contributed by atoms with Crippen LogP contribution in [0.4, 0.5) is 0 Å². The fourth-order valence-electron chi connectivity index (χ4n) is 3.86. The van der Waals surface area contributed by atoms with Crippen molar-refractivity contribution < 1.29 is 10.2 Å². The van der Waals surface area contributed by atoms with Crippen LogP contribution in [0.25, 0.3) is 0 Å². The molecule has 3 N–H and O–H groups in total. The average Bonchev–Trinajstić information content (AvgIpc) is 2.48. The van der Waals surface area contributed by atoms with Gasteiger partial charge in [0.15, 0.2) is 0 Å². The van der Waals surface area contributed by atoms with Crippen molar-refractivity contribution >= 4 is 0 Å². The number of hydrogen-bond donors (Lipinski definition) is 3. The van der Waals surface area contributed by atoms with E-state index in [9.17, 15) is 10.2 Å². The highest BCUT2D eigenvalue weighted by Gasteiger charge is 2.29. The van der Waals surface area contributed by atoms with Crippen molar-refractivity contribution in [2.45, 2.75) is 57.0 Å². The maximum absolute atomic E-state index is 9.74. The number of aryl methyl sites for hydroxylation is 1. The van der Waals surface area contributed by atoms with Gasteiger partial charge in [0.1, 0.15) is 5.75 Å². The van der Waals surface area contributed by atoms with Crippen LogP contribution in [0, 0.1) is 5.92 Å². The summed E-state index contributed by atoms with van der Waals surface area (Å²) in [6.45, 7) is 0.289. The molecule has 3 rings (SSSR count). The Kier molecular flexibility index (Phi) is 4.27. The molecule has 0 aromatic heterocycles. The van der Waals surface area contributed by atoms with Crippen LogP contribution in [-0.4, -0.2) is 22.9 Å². The molecular formula is C17H25NO2. The van der Waals surface area contributed by atoms with Gasteiger partial charge in [0.2, 0.25) is 0 Å². The number of hydrogen-bond acceptors (Lipinski definition) is 3. The first kappa shape index (κ1) is 13.9. The smallest absolute Gasteiger partial charge is 0.115 e. The first-order valence-electron chi connectivity index (χ1n) is 7.96. The van der Waals surface area contributed by atoms with E-state index >= 15 is 0 Å². The zero-order valence-corrected chi connectivity index (χ0v) is 12.0. The van der Waals surface area contributed by atoms with Gasteiger partial charge in [-0.05, 0) is 61.3 Å². The maximum atomic E-state index is 9.74. The van der Waals surface area contributed by atoms with Crippen molar-refractivity contribution in [2.24, 2.45) is 5.92 Å². The first-order chi connectivity index (χ1) is 9.78. The normalized spacial score (nSPS) is 29.9. The molecule has 0 bridgehead atoms. The molecule has 0 amide bonds. The molecular weight excluding hydrogens is 250 g/mol. The van der Waals surface area contributed by atoms with Crippen molar-refractivity contribution in [1.29, 1.82) is 0 Å². The molecule has 0 radical (unpaired) electrons. The van der Waals surface area contributed by atoms with Crippen molar-refractivity contribution in [3.05, 3.63) is 29.3 Å². The van der Waals surface area contributed by atoms with E-state index < -0.39 is 0 Å². The monoisotopic (exact) mass is 275 g/mol. The number of fused-ring (bicyclic) bond motifs is 1. The molecule has 2 aliphatic carbocycles. The van der Waals surface area contributed by atoms with E-state index in [1.165, 1.54) is 30.4 Å². The lowest BCUT2D eigenvalue weighted by Gasteiger charge is -2.36. The quantitative estimate of drug-likeness (QED) is 0.795. The number of rotatable bonds is 3. The second-order valence-electron chi connectivity index (χ2n) is 6.33. The second-order valence-corrected chi connectivity index (χ2v) is 6.33. The fourth-order valence-corrected chi connectivity index (χ4v) is 3.86. The predicted octanol–water partition coefficient (Wildman–Crippen LogP) is 2.91. The Morgan fingerprint density at radius 1 is 1.10 bits per heavy atom. The summed E-state index contributed by atoms with van der Waals surface area (Å²) >= 11 is 0. The Balaban J connectivity index is 1.76. The van der Waals surface area contributed by atoms with Gasteiger partial charge < -0.3 is 15.5 Å². The molecule has 0 spiro atoms. The number of phenolic OH excluding ortho intramolecular Hbond substituents is 1. The second kappa shape index (κ2) is 6.15. The van der Waals surface area contributed by atoms with Crippen LogP contribution in [0.15, 0.2) is 18.2 Å². The number of benzene rings is 1. The molecule has 0 aliphatic heterocycles. The van der Waals surface area contributed by atoms with Gasteiger partial charge in [0, 0.05) is 18.7 Å². The third kappa shape index (κ3) is 2.84. The Hall–Kier alpha value is -1.06. The van der Waals surface area contributed by atoms with Gasteiger partial charge in [-0.2, -0.15) is 0 Å². The topological polar surface area (TPSA) is 52.5 Å². The van der Waals surface area contributed by atoms with Crippen LogP contribution in [0.3, 0.4) is 0 Å². The van der Waals surface area contributed by atoms with E-state index in [1.54, 1.807) is 6.07 Å². The van der Waals surface area contributed by atoms with E-state index in [0.717, 1.165) is 25.7 Å². The van der Waals surface area contributed by atoms with Gasteiger partial charge in [-0.3, -0.25) is 0 Å². The van der Waals surface area contributed by atoms with Gasteiger partial charge in [-0.15, -0.1) is 0 Å². The standard InChI is InChI=1S/C17H25NO2/c19-11-13-4-1-2-6-16(13)18-17-7-3-5-12-8-9-14(20)10-15(12)17/h8-10,13,16-20H,1-7,11H2. The molecule has 110 valence electrons. The molecule has 1 aromatic rings. The summed E-state index contributed by atoms with van der Waals surface area (Å²) in [6, 6.07) is 6.53. The van der Waals surface area contributed by atoms with Crippen LogP contribution in [0.5, 0.6) is 5.75 Å². The van der Waals surface area contributed by atoms with Crippen molar-refractivity contribution in [3.63, 3.8) is 0 Å². The Bertz CT molecular complexity index is 460. The molecule has 3 atom stereocenters. The summed E-state index contributed by atoms with van der Waals surface area (Å²) in [4.78, 5) is 0. The maximum Gasteiger partial charge on any atom is 0.115 e. The first-order valence-corrected chi connectivity index (χ1v) is 7.96. The molecule has 20 heavy (non-hydrogen) atoms. The summed E-state index contributed by atoms with van der Waals surface area (Å²) in [6.07, 6.45) is 8.24. The molecule has 1 saturated carbocycles. The summed E-state index contributed by atoms with van der Waals surface area (Å²) < 4.78 is 0. The average molecular weight is 275 g/mol. The summed E-state index contributed by atoms with van der Waals surface area (Å²) in [5.74, 6) is 0.756. The highest BCUT2D eigenvalue weighted by molar-refractivity contribution is 5.38. The zero-order valence-electron chi connectivity index (χ0n) is 12.0. The summed E-state index contributed by atoms with van der Waals surface area (Å²) in [5, 5.41) is 23.1. The highest BCUT2D eigenvalue weighted by Crippen LogP contribution is 2.34. The van der Waals surface area contributed by atoms with Crippen LogP contribution >= 0.6 is 0 Å². The fraction of sp³-hybridized carbons (Fsp3) is 0.647. The van der Waals surface area contributed by atoms with E-state index in [4.69, 9.17) is 0 Å². The van der Waals surface area contributed by atoms with Gasteiger partial charge in [0.25, 0.3) is 0 Å². The lowest BCUT2D eigenvalue weighted by Crippen LogP contribution is -2.42. The van der Waals surface area contributed by atoms with Gasteiger partial charge >= 0.3 is 0 Å². The lowest BCUT2D eigenvalue weighted by atomic mass is 9.82. The summed E-state index contributed by atoms with van der Waals surface area (Å²) in [7, 11) is 0. The number of aliphatic hydroxyl groups is 1. The van der Waals surface area contributed by atoms with Crippen LogP contribution < -0.4 is 5.32 Å². The van der Waals surface area contributed by atoms with Crippen LogP contribution in [-0.2, 0) is 6.42 Å². The Labute approximate surface area is 121 Å². The van der Waals surface area contributed by atoms with Crippen LogP contribution in [0.2, 0.25) is 0 Å². The van der Waals surface area contributed by atoms with Gasteiger partial charge in [-0.25, -0.2) is 0 Å². The van der Waals surface area contributed by atoms with E-state index in [2.05, 4.69) is 11.4 Å². The Morgan fingerprint density at radius 2 is 1.95 bits per heavy atom. The number of nitrogens with one attached hydrogen (secondary N) is 1. The van der Waals surface area contributed by atoms with E-state index in [-0.39, 0.29) is 6.61 Å². The molecule has 0 heterocycles. The molecule has 3 heteroatoms. The number of aliphatic hydroxyl groups excluding tert-OH is 1. The van der Waals surface area contributed by atoms with Crippen molar-refractivity contribution in [2.75, 3.05) is 6.61 Å². The Morgan fingerprint density at radius 3 is 2.80 bits per heavy atom. The molecule has 1 fully saturated rings. The van der Waals surface area contributed by atoms with Gasteiger partial charge in [0.05, 0.1) is 0 Å². The van der Waals surface area contributed by atoms with Crippen LogP contribution in [0.1, 0.15) is 55.7 Å². The lowest BCUT2D eigenvalue weighted by molar-refractivity contribution is 0.143. The molecule has 3 unspecified atom stereocenters. The minimum atomic E-state index is 0.289. The zero-order chi connectivity index (χ0) is 13.9. The highest BCUT2D eigenvalue weighted by atomic mass is 16.3. The minimum Gasteiger partial charge on any atom is -0.508 e. The summed E-state index contributed by atoms with van der Waals surface area (Å²) in [5.41, 5.74) is 2.63. The predicted molar refractivity (Wildman–Crippen MR) is 79.8 cm³/mol. The largest absolute Gasteiger partial charge is 0.508 e. The third-order valence-electron chi connectivity index (χ3n) is 5.00. The molecule has 1 aromatic carbocycles. The number of aromatic hydroxyl groups is 1. The van der Waals surface area contributed by atoms with Gasteiger partial charge in [-0.1, -0.05) is 18.9 Å². The minimum absolute atomic E-state index is 0.289. The molecule has 2 aliphatic rings. The van der Waals surface area contributed by atoms with E-state index in [1.807, 2.05) is 6.07 Å².